The number of thiocarbonyl (C=S) groups is 1. The molecule has 0 radical (unpaired) electrons. The van der Waals surface area contributed by atoms with Gasteiger partial charge in [0.1, 0.15) is 4.99 Å². The summed E-state index contributed by atoms with van der Waals surface area (Å²) in [6.07, 6.45) is 0. The van der Waals surface area contributed by atoms with Crippen LogP contribution in [0.25, 0.3) is 0 Å². The summed E-state index contributed by atoms with van der Waals surface area (Å²) in [5.74, 6) is 0.256. The standard InChI is InChI=1S/C14H22N2O2S2/c1-10(2)9-16(11(3)4)20(17,18)13-7-5-6-12(8-13)14(15)19/h5-8,10-11H,9H2,1-4H3,(H2,15,19). The van der Waals surface area contributed by atoms with E-state index in [1.807, 2.05) is 27.7 Å². The minimum atomic E-state index is -3.53. The van der Waals surface area contributed by atoms with Crippen LogP contribution in [-0.2, 0) is 10.0 Å². The van der Waals surface area contributed by atoms with Gasteiger partial charge in [-0.25, -0.2) is 8.42 Å². The molecule has 0 amide bonds. The molecule has 0 aliphatic carbocycles. The number of nitrogens with two attached hydrogens (primary N) is 1. The van der Waals surface area contributed by atoms with Crippen molar-refractivity contribution in [3.63, 3.8) is 0 Å². The van der Waals surface area contributed by atoms with E-state index in [0.29, 0.717) is 12.1 Å². The Morgan fingerprint density at radius 1 is 1.30 bits per heavy atom. The first-order chi connectivity index (χ1) is 9.16. The molecule has 0 fully saturated rings. The third-order valence-corrected chi connectivity index (χ3v) is 5.12. The zero-order chi connectivity index (χ0) is 15.5. The van der Waals surface area contributed by atoms with Gasteiger partial charge in [0.2, 0.25) is 10.0 Å². The quantitative estimate of drug-likeness (QED) is 0.819. The number of hydrogen-bond donors (Lipinski definition) is 1. The summed E-state index contributed by atoms with van der Waals surface area (Å²) >= 11 is 4.90. The molecule has 0 saturated heterocycles. The van der Waals surface area contributed by atoms with E-state index in [0.717, 1.165) is 0 Å². The molecule has 0 unspecified atom stereocenters. The summed E-state index contributed by atoms with van der Waals surface area (Å²) in [4.78, 5) is 0.430. The summed E-state index contributed by atoms with van der Waals surface area (Å²) in [6, 6.07) is 6.38. The van der Waals surface area contributed by atoms with Crippen LogP contribution < -0.4 is 5.73 Å². The molecule has 0 spiro atoms. The Bertz CT molecular complexity index is 581. The Hall–Kier alpha value is -0.980. The molecule has 0 saturated carbocycles. The molecule has 0 aromatic heterocycles. The predicted octanol–water partition coefficient (Wildman–Crippen LogP) is 2.38. The van der Waals surface area contributed by atoms with Gasteiger partial charge in [0.05, 0.1) is 4.90 Å². The van der Waals surface area contributed by atoms with Gasteiger partial charge in [-0.1, -0.05) is 38.2 Å². The van der Waals surface area contributed by atoms with E-state index < -0.39 is 10.0 Å². The summed E-state index contributed by atoms with van der Waals surface area (Å²) < 4.78 is 27.0. The van der Waals surface area contributed by atoms with Crippen molar-refractivity contribution in [2.24, 2.45) is 11.7 Å². The van der Waals surface area contributed by atoms with Crippen molar-refractivity contribution in [3.05, 3.63) is 29.8 Å². The fourth-order valence-corrected chi connectivity index (χ4v) is 3.87. The molecule has 112 valence electrons. The maximum Gasteiger partial charge on any atom is 0.243 e. The maximum absolute atomic E-state index is 12.7. The average molecular weight is 314 g/mol. The molecule has 1 rings (SSSR count). The van der Waals surface area contributed by atoms with Crippen molar-refractivity contribution in [1.82, 2.24) is 4.31 Å². The van der Waals surface area contributed by atoms with Crippen LogP contribution in [0.15, 0.2) is 29.2 Å². The minimum absolute atomic E-state index is 0.101. The topological polar surface area (TPSA) is 63.4 Å². The normalized spacial score (nSPS) is 12.3. The van der Waals surface area contributed by atoms with Crippen LogP contribution in [0.4, 0.5) is 0 Å². The van der Waals surface area contributed by atoms with Crippen LogP contribution in [-0.4, -0.2) is 30.3 Å². The first-order valence-corrected chi connectivity index (χ1v) is 8.42. The summed E-state index contributed by atoms with van der Waals surface area (Å²) in [5, 5.41) is 0. The van der Waals surface area contributed by atoms with Crippen LogP contribution in [0.2, 0.25) is 0 Å². The lowest BCUT2D eigenvalue weighted by atomic mass is 10.2. The average Bonchev–Trinajstić information content (AvgIpc) is 2.35. The number of nitrogens with zero attached hydrogens (tertiary/aromatic N) is 1. The fraction of sp³-hybridized carbons (Fsp3) is 0.500. The smallest absolute Gasteiger partial charge is 0.243 e. The Kier molecular flexibility index (Phi) is 5.68. The van der Waals surface area contributed by atoms with E-state index in [2.05, 4.69) is 0 Å². The van der Waals surface area contributed by atoms with E-state index in [1.165, 1.54) is 10.4 Å². The summed E-state index contributed by atoms with van der Waals surface area (Å²) in [5.41, 5.74) is 6.13. The Morgan fingerprint density at radius 3 is 2.35 bits per heavy atom. The zero-order valence-corrected chi connectivity index (χ0v) is 14.0. The third-order valence-electron chi connectivity index (χ3n) is 2.85. The van der Waals surface area contributed by atoms with Gasteiger partial charge in [0.25, 0.3) is 0 Å². The van der Waals surface area contributed by atoms with Gasteiger partial charge in [-0.15, -0.1) is 0 Å². The second kappa shape index (κ2) is 6.65. The SMILES string of the molecule is CC(C)CN(C(C)C)S(=O)(=O)c1cccc(C(N)=S)c1. The van der Waals surface area contributed by atoms with Gasteiger partial charge in [-0.2, -0.15) is 4.31 Å². The fourth-order valence-electron chi connectivity index (χ4n) is 1.89. The van der Waals surface area contributed by atoms with Crippen LogP contribution in [0.1, 0.15) is 33.3 Å². The first kappa shape index (κ1) is 17.1. The van der Waals surface area contributed by atoms with Crippen LogP contribution in [0.5, 0.6) is 0 Å². The van der Waals surface area contributed by atoms with Crippen molar-refractivity contribution < 1.29 is 8.42 Å². The second-order valence-electron chi connectivity index (χ2n) is 5.45. The highest BCUT2D eigenvalue weighted by atomic mass is 32.2. The number of rotatable bonds is 6. The van der Waals surface area contributed by atoms with Crippen LogP contribution in [0, 0.1) is 5.92 Å². The number of hydrogen-bond acceptors (Lipinski definition) is 3. The van der Waals surface area contributed by atoms with Gasteiger partial charge in [-0.05, 0) is 31.9 Å². The number of benzene rings is 1. The van der Waals surface area contributed by atoms with Gasteiger partial charge >= 0.3 is 0 Å². The van der Waals surface area contributed by atoms with Crippen molar-refractivity contribution in [3.8, 4) is 0 Å². The molecule has 0 heterocycles. The Labute approximate surface area is 127 Å². The highest BCUT2D eigenvalue weighted by molar-refractivity contribution is 7.89. The van der Waals surface area contributed by atoms with Gasteiger partial charge in [0.15, 0.2) is 0 Å². The maximum atomic E-state index is 12.7. The molecule has 2 N–H and O–H groups in total. The Balaban J connectivity index is 3.26. The van der Waals surface area contributed by atoms with E-state index >= 15 is 0 Å². The van der Waals surface area contributed by atoms with Gasteiger partial charge in [0, 0.05) is 18.2 Å². The zero-order valence-electron chi connectivity index (χ0n) is 12.3. The van der Waals surface area contributed by atoms with Gasteiger partial charge < -0.3 is 5.73 Å². The molecule has 0 aliphatic rings. The lowest BCUT2D eigenvalue weighted by Gasteiger charge is -2.27. The molecule has 1 aromatic rings. The Morgan fingerprint density at radius 2 is 1.90 bits per heavy atom. The molecule has 4 nitrogen and oxygen atoms in total. The molecular weight excluding hydrogens is 292 g/mol. The lowest BCUT2D eigenvalue weighted by Crippen LogP contribution is -2.39. The molecule has 6 heteroatoms. The van der Waals surface area contributed by atoms with Crippen LogP contribution in [0.3, 0.4) is 0 Å². The molecule has 0 atom stereocenters. The lowest BCUT2D eigenvalue weighted by molar-refractivity contribution is 0.319. The van der Waals surface area contributed by atoms with E-state index in [1.54, 1.807) is 18.2 Å². The highest BCUT2D eigenvalue weighted by Gasteiger charge is 2.27. The molecule has 1 aromatic carbocycles. The van der Waals surface area contributed by atoms with Crippen LogP contribution >= 0.6 is 12.2 Å². The summed E-state index contributed by atoms with van der Waals surface area (Å²) in [7, 11) is -3.53. The molecule has 0 aliphatic heterocycles. The second-order valence-corrected chi connectivity index (χ2v) is 7.78. The van der Waals surface area contributed by atoms with Gasteiger partial charge in [-0.3, -0.25) is 0 Å². The van der Waals surface area contributed by atoms with E-state index in [4.69, 9.17) is 18.0 Å². The first-order valence-electron chi connectivity index (χ1n) is 6.58. The molecule has 0 bridgehead atoms. The number of sulfonamides is 1. The van der Waals surface area contributed by atoms with Crippen molar-refractivity contribution in [2.45, 2.75) is 38.6 Å². The largest absolute Gasteiger partial charge is 0.389 e. The third kappa shape index (κ3) is 4.01. The summed E-state index contributed by atoms with van der Waals surface area (Å²) in [6.45, 7) is 8.22. The van der Waals surface area contributed by atoms with Crippen molar-refractivity contribution in [2.75, 3.05) is 6.54 Å². The molecular formula is C14H22N2O2S2. The molecule has 20 heavy (non-hydrogen) atoms. The van der Waals surface area contributed by atoms with Crippen molar-refractivity contribution in [1.29, 1.82) is 0 Å². The van der Waals surface area contributed by atoms with E-state index in [9.17, 15) is 8.42 Å². The predicted molar refractivity (Wildman–Crippen MR) is 86.2 cm³/mol. The van der Waals surface area contributed by atoms with E-state index in [-0.39, 0.29) is 21.8 Å². The minimum Gasteiger partial charge on any atom is -0.389 e. The van der Waals surface area contributed by atoms with Crippen molar-refractivity contribution >= 4 is 27.2 Å². The monoisotopic (exact) mass is 314 g/mol. The highest BCUT2D eigenvalue weighted by Crippen LogP contribution is 2.20.